The van der Waals surface area contributed by atoms with Crippen LogP contribution < -0.4 is 5.73 Å². The van der Waals surface area contributed by atoms with Crippen LogP contribution in [0.25, 0.3) is 0 Å². The lowest BCUT2D eigenvalue weighted by Gasteiger charge is -2.00. The van der Waals surface area contributed by atoms with Gasteiger partial charge in [0.1, 0.15) is 0 Å². The lowest BCUT2D eigenvalue weighted by Crippen LogP contribution is -1.97. The third-order valence-corrected chi connectivity index (χ3v) is 2.56. The summed E-state index contributed by atoms with van der Waals surface area (Å²) in [7, 11) is 0. The summed E-state index contributed by atoms with van der Waals surface area (Å²) < 4.78 is 0. The maximum Gasteiger partial charge on any atom is -0.00773 e. The van der Waals surface area contributed by atoms with Crippen molar-refractivity contribution >= 4 is 0 Å². The van der Waals surface area contributed by atoms with Crippen LogP contribution in [0, 0.1) is 0 Å². The van der Waals surface area contributed by atoms with E-state index in [4.69, 9.17) is 5.73 Å². The third kappa shape index (κ3) is 23.6. The molecule has 0 aromatic heterocycles. The van der Waals surface area contributed by atoms with E-state index in [0.717, 1.165) is 6.54 Å². The van der Waals surface area contributed by atoms with E-state index in [1.54, 1.807) is 0 Å². The predicted octanol–water partition coefficient (Wildman–Crippen LogP) is 5.28. The van der Waals surface area contributed by atoms with Gasteiger partial charge >= 0.3 is 0 Å². The predicted molar refractivity (Wildman–Crippen MR) is 76.9 cm³/mol. The van der Waals surface area contributed by atoms with Crippen molar-refractivity contribution in [2.24, 2.45) is 5.73 Å². The molecule has 0 radical (unpaired) electrons. The molecular weight excluding hydrogens is 194 g/mol. The first kappa shape index (κ1) is 18.3. The van der Waals surface area contributed by atoms with Crippen molar-refractivity contribution in [3.63, 3.8) is 0 Å². The summed E-state index contributed by atoms with van der Waals surface area (Å²) in [5, 5.41) is 0. The lowest BCUT2D eigenvalue weighted by molar-refractivity contribution is 0.558. The van der Waals surface area contributed by atoms with Crippen LogP contribution in [0.1, 0.15) is 91.4 Å². The van der Waals surface area contributed by atoms with Crippen LogP contribution >= 0.6 is 0 Å². The smallest absolute Gasteiger partial charge is 0.00773 e. The molecule has 0 amide bonds. The van der Waals surface area contributed by atoms with Crippen molar-refractivity contribution in [1.29, 1.82) is 0 Å². The lowest BCUT2D eigenvalue weighted by atomic mass is 10.1. The summed E-state index contributed by atoms with van der Waals surface area (Å²) in [6, 6.07) is 0. The molecule has 0 saturated carbocycles. The van der Waals surface area contributed by atoms with E-state index < -0.39 is 0 Å². The summed E-state index contributed by atoms with van der Waals surface area (Å²) in [5.74, 6) is 0. The third-order valence-electron chi connectivity index (χ3n) is 2.56. The largest absolute Gasteiger partial charge is 0.330 e. The van der Waals surface area contributed by atoms with E-state index >= 15 is 0 Å². The van der Waals surface area contributed by atoms with Crippen molar-refractivity contribution in [3.8, 4) is 0 Å². The second-order valence-corrected chi connectivity index (χ2v) is 4.68. The molecule has 100 valence electrons. The normalized spacial score (nSPS) is 9.75. The highest BCUT2D eigenvalue weighted by Crippen LogP contribution is 2.09. The molecule has 0 spiro atoms. The molecule has 0 unspecified atom stereocenters. The molecule has 0 aromatic carbocycles. The molecule has 0 aliphatic carbocycles. The summed E-state index contributed by atoms with van der Waals surface area (Å²) >= 11 is 0. The summed E-state index contributed by atoms with van der Waals surface area (Å²) in [4.78, 5) is 0. The fourth-order valence-electron chi connectivity index (χ4n) is 1.63. The van der Waals surface area contributed by atoms with Crippen LogP contribution in [0.3, 0.4) is 0 Å². The Balaban J connectivity index is 0. The molecule has 0 rings (SSSR count). The zero-order chi connectivity index (χ0) is 12.5. The Morgan fingerprint density at radius 1 is 0.562 bits per heavy atom. The van der Waals surface area contributed by atoms with Gasteiger partial charge in [0.25, 0.3) is 0 Å². The molecule has 0 aliphatic heterocycles. The molecule has 0 saturated heterocycles. The zero-order valence-corrected chi connectivity index (χ0v) is 12.1. The molecule has 0 fully saturated rings. The van der Waals surface area contributed by atoms with Gasteiger partial charge in [0, 0.05) is 0 Å². The van der Waals surface area contributed by atoms with Gasteiger partial charge in [-0.2, -0.15) is 0 Å². The number of unbranched alkanes of at least 4 members (excludes halogenated alkanes) is 9. The van der Waals surface area contributed by atoms with Crippen molar-refractivity contribution in [3.05, 3.63) is 0 Å². The molecule has 0 aromatic rings. The molecule has 16 heavy (non-hydrogen) atoms. The van der Waals surface area contributed by atoms with Crippen LogP contribution in [-0.2, 0) is 0 Å². The van der Waals surface area contributed by atoms with E-state index in [1.165, 1.54) is 70.6 Å². The second kappa shape index (κ2) is 20.4. The van der Waals surface area contributed by atoms with E-state index in [2.05, 4.69) is 20.8 Å². The van der Waals surface area contributed by atoms with Crippen LogP contribution in [0.5, 0.6) is 0 Å². The number of hydrogen-bond acceptors (Lipinski definition) is 1. The van der Waals surface area contributed by atoms with Gasteiger partial charge in [-0.25, -0.2) is 0 Å². The van der Waals surface area contributed by atoms with Gasteiger partial charge < -0.3 is 5.73 Å². The fourth-order valence-corrected chi connectivity index (χ4v) is 1.63. The molecule has 0 atom stereocenters. The maximum absolute atomic E-state index is 5.42. The van der Waals surface area contributed by atoms with Crippen molar-refractivity contribution < 1.29 is 0 Å². The van der Waals surface area contributed by atoms with E-state index in [1.807, 2.05) is 0 Å². The van der Waals surface area contributed by atoms with Gasteiger partial charge in [0.05, 0.1) is 0 Å². The molecule has 0 heterocycles. The first-order valence-corrected chi connectivity index (χ1v) is 7.53. The molecule has 2 N–H and O–H groups in total. The first-order valence-electron chi connectivity index (χ1n) is 7.53. The summed E-state index contributed by atoms with van der Waals surface area (Å²) in [6.45, 7) is 7.39. The minimum Gasteiger partial charge on any atom is -0.330 e. The molecular formula is C15H35N. The van der Waals surface area contributed by atoms with Crippen molar-refractivity contribution in [2.45, 2.75) is 91.4 Å². The standard InChI is InChI=1S/C12H27N.C3H8/c1-2-3-4-5-6-7-8-9-10-11-12-13;1-3-2/h2-13H2,1H3;3H2,1-2H3. The number of rotatable bonds is 10. The monoisotopic (exact) mass is 229 g/mol. The van der Waals surface area contributed by atoms with Crippen LogP contribution in [-0.4, -0.2) is 6.54 Å². The van der Waals surface area contributed by atoms with Crippen LogP contribution in [0.2, 0.25) is 0 Å². The Hall–Kier alpha value is -0.0400. The van der Waals surface area contributed by atoms with E-state index in [-0.39, 0.29) is 0 Å². The van der Waals surface area contributed by atoms with Gasteiger partial charge in [-0.15, -0.1) is 0 Å². The van der Waals surface area contributed by atoms with Gasteiger partial charge in [0.2, 0.25) is 0 Å². The van der Waals surface area contributed by atoms with E-state index in [0.29, 0.717) is 0 Å². The van der Waals surface area contributed by atoms with Gasteiger partial charge in [0.15, 0.2) is 0 Å². The average molecular weight is 229 g/mol. The Kier molecular flexibility index (Phi) is 23.3. The summed E-state index contributed by atoms with van der Waals surface area (Å²) in [5.41, 5.74) is 5.42. The van der Waals surface area contributed by atoms with Crippen LogP contribution in [0.4, 0.5) is 0 Å². The highest BCUT2D eigenvalue weighted by atomic mass is 14.5. The van der Waals surface area contributed by atoms with Gasteiger partial charge in [-0.1, -0.05) is 85.0 Å². The maximum atomic E-state index is 5.42. The second-order valence-electron chi connectivity index (χ2n) is 4.68. The number of nitrogens with two attached hydrogens (primary N) is 1. The van der Waals surface area contributed by atoms with Crippen molar-refractivity contribution in [1.82, 2.24) is 0 Å². The average Bonchev–Trinajstić information content (AvgIpc) is 2.28. The van der Waals surface area contributed by atoms with E-state index in [9.17, 15) is 0 Å². The first-order chi connectivity index (χ1) is 7.83. The fraction of sp³-hybridized carbons (Fsp3) is 1.00. The zero-order valence-electron chi connectivity index (χ0n) is 12.1. The van der Waals surface area contributed by atoms with Gasteiger partial charge in [-0.05, 0) is 13.0 Å². The SMILES string of the molecule is CCC.CCCCCCCCCCCCN. The van der Waals surface area contributed by atoms with Crippen molar-refractivity contribution in [2.75, 3.05) is 6.54 Å². The topological polar surface area (TPSA) is 26.0 Å². The minimum absolute atomic E-state index is 0.872. The quantitative estimate of drug-likeness (QED) is 0.507. The Morgan fingerprint density at radius 2 is 0.875 bits per heavy atom. The molecule has 1 heteroatoms. The highest BCUT2D eigenvalue weighted by Gasteiger charge is 1.91. The minimum atomic E-state index is 0.872. The van der Waals surface area contributed by atoms with Crippen LogP contribution in [0.15, 0.2) is 0 Å². The highest BCUT2D eigenvalue weighted by molar-refractivity contribution is 4.47. The Bertz CT molecular complexity index is 81.4. The Labute approximate surface area is 104 Å². The summed E-state index contributed by atoms with van der Waals surface area (Å²) in [6.07, 6.45) is 15.2. The molecule has 0 aliphatic rings. The van der Waals surface area contributed by atoms with Gasteiger partial charge in [-0.3, -0.25) is 0 Å². The molecule has 1 nitrogen and oxygen atoms in total. The Morgan fingerprint density at radius 3 is 1.19 bits per heavy atom. The molecule has 0 bridgehead atoms. The number of hydrogen-bond donors (Lipinski definition) is 1.